The van der Waals surface area contributed by atoms with Crippen LogP contribution < -0.4 is 10.6 Å². The molecule has 0 atom stereocenters. The Morgan fingerprint density at radius 1 is 1.10 bits per heavy atom. The lowest BCUT2D eigenvalue weighted by atomic mass is 10.1. The van der Waals surface area contributed by atoms with Crippen molar-refractivity contribution < 1.29 is 4.79 Å². The molecular weight excluding hydrogens is 304 g/mol. The molecule has 5 heteroatoms. The fraction of sp³-hybridized carbons (Fsp3) is 0.125. The van der Waals surface area contributed by atoms with Gasteiger partial charge in [0, 0.05) is 16.3 Å². The van der Waals surface area contributed by atoms with E-state index in [1.165, 1.54) is 0 Å². The molecule has 0 heterocycles. The average Bonchev–Trinajstić information content (AvgIpc) is 2.41. The maximum atomic E-state index is 12.1. The Kier molecular flexibility index (Phi) is 4.94. The number of rotatable bonds is 2. The third-order valence-corrected chi connectivity index (χ3v) is 3.52. The fourth-order valence-corrected chi connectivity index (χ4v) is 2.19. The summed E-state index contributed by atoms with van der Waals surface area (Å²) in [4.78, 5) is 12.1. The van der Waals surface area contributed by atoms with Gasteiger partial charge in [-0.05, 0) is 67.5 Å². The number of carbonyl (C=O) groups excluding carboxylic acids is 1. The van der Waals surface area contributed by atoms with Crippen molar-refractivity contribution in [3.8, 4) is 0 Å². The molecule has 1 amide bonds. The van der Waals surface area contributed by atoms with Crippen molar-refractivity contribution in [3.63, 3.8) is 0 Å². The van der Waals surface area contributed by atoms with Gasteiger partial charge >= 0.3 is 0 Å². The number of carbonyl (C=O) groups is 1. The minimum absolute atomic E-state index is 0.237. The van der Waals surface area contributed by atoms with Crippen molar-refractivity contribution >= 4 is 40.5 Å². The first-order valence-electron chi connectivity index (χ1n) is 6.41. The van der Waals surface area contributed by atoms with E-state index in [1.54, 1.807) is 24.3 Å². The van der Waals surface area contributed by atoms with Crippen LogP contribution in [0.5, 0.6) is 0 Å². The van der Waals surface area contributed by atoms with Gasteiger partial charge in [-0.25, -0.2) is 0 Å². The Bertz CT molecular complexity index is 700. The number of aryl methyl sites for hydroxylation is 2. The molecule has 2 aromatic rings. The van der Waals surface area contributed by atoms with Crippen LogP contribution in [0.4, 0.5) is 5.69 Å². The molecule has 2 N–H and O–H groups in total. The number of benzene rings is 2. The summed E-state index contributed by atoms with van der Waals surface area (Å²) in [7, 11) is 0. The number of anilines is 1. The van der Waals surface area contributed by atoms with Crippen LogP contribution in [-0.4, -0.2) is 11.0 Å². The van der Waals surface area contributed by atoms with Crippen LogP contribution in [0.1, 0.15) is 21.5 Å². The maximum Gasteiger partial charge on any atom is 0.257 e. The van der Waals surface area contributed by atoms with E-state index < -0.39 is 0 Å². The van der Waals surface area contributed by atoms with Gasteiger partial charge in [0.2, 0.25) is 0 Å². The zero-order chi connectivity index (χ0) is 15.4. The highest BCUT2D eigenvalue weighted by Crippen LogP contribution is 2.15. The zero-order valence-corrected chi connectivity index (χ0v) is 13.3. The molecule has 0 saturated carbocycles. The predicted molar refractivity (Wildman–Crippen MR) is 91.1 cm³/mol. The van der Waals surface area contributed by atoms with Crippen LogP contribution in [-0.2, 0) is 0 Å². The molecule has 2 rings (SSSR count). The van der Waals surface area contributed by atoms with Crippen LogP contribution >= 0.6 is 23.8 Å². The maximum absolute atomic E-state index is 12.1. The van der Waals surface area contributed by atoms with Crippen molar-refractivity contribution in [1.82, 2.24) is 5.32 Å². The predicted octanol–water partition coefficient (Wildman–Crippen LogP) is 4.08. The molecule has 0 bridgehead atoms. The molecule has 3 nitrogen and oxygen atoms in total. The third kappa shape index (κ3) is 4.28. The number of hydrogen-bond donors (Lipinski definition) is 2. The Balaban J connectivity index is 2.02. The van der Waals surface area contributed by atoms with Gasteiger partial charge in [0.05, 0.1) is 0 Å². The Labute approximate surface area is 134 Å². The lowest BCUT2D eigenvalue weighted by Crippen LogP contribution is -2.34. The highest BCUT2D eigenvalue weighted by Gasteiger charge is 2.09. The molecule has 108 valence electrons. The van der Waals surface area contributed by atoms with Gasteiger partial charge in [0.1, 0.15) is 0 Å². The quantitative estimate of drug-likeness (QED) is 0.820. The minimum Gasteiger partial charge on any atom is -0.332 e. The largest absolute Gasteiger partial charge is 0.332 e. The number of hydrogen-bond acceptors (Lipinski definition) is 2. The van der Waals surface area contributed by atoms with Gasteiger partial charge in [-0.2, -0.15) is 0 Å². The summed E-state index contributed by atoms with van der Waals surface area (Å²) in [6.45, 7) is 3.97. The van der Waals surface area contributed by atoms with Crippen molar-refractivity contribution in [3.05, 3.63) is 64.2 Å². The molecule has 0 aliphatic carbocycles. The minimum atomic E-state index is -0.238. The molecule has 0 unspecified atom stereocenters. The summed E-state index contributed by atoms with van der Waals surface area (Å²) < 4.78 is 0. The normalized spacial score (nSPS) is 10.0. The second-order valence-electron chi connectivity index (χ2n) is 4.72. The van der Waals surface area contributed by atoms with Gasteiger partial charge < -0.3 is 5.32 Å². The zero-order valence-electron chi connectivity index (χ0n) is 11.7. The summed E-state index contributed by atoms with van der Waals surface area (Å²) in [5, 5.41) is 6.41. The molecule has 0 fully saturated rings. The first kappa shape index (κ1) is 15.5. The van der Waals surface area contributed by atoms with Crippen LogP contribution in [0.25, 0.3) is 0 Å². The molecule has 0 aliphatic heterocycles. The molecule has 21 heavy (non-hydrogen) atoms. The highest BCUT2D eigenvalue weighted by atomic mass is 35.5. The molecule has 0 aliphatic rings. The molecular formula is C16H15ClN2OS. The summed E-state index contributed by atoms with van der Waals surface area (Å²) in [6, 6.07) is 12.7. The first-order chi connectivity index (χ1) is 9.95. The van der Waals surface area contributed by atoms with E-state index in [4.69, 9.17) is 23.8 Å². The van der Waals surface area contributed by atoms with Crippen molar-refractivity contribution in [1.29, 1.82) is 0 Å². The van der Waals surface area contributed by atoms with E-state index in [2.05, 4.69) is 10.6 Å². The third-order valence-electron chi connectivity index (χ3n) is 3.08. The van der Waals surface area contributed by atoms with E-state index in [0.717, 1.165) is 16.8 Å². The second kappa shape index (κ2) is 6.70. The van der Waals surface area contributed by atoms with E-state index in [1.807, 2.05) is 32.0 Å². The highest BCUT2D eigenvalue weighted by molar-refractivity contribution is 7.80. The second-order valence-corrected chi connectivity index (χ2v) is 5.56. The van der Waals surface area contributed by atoms with Crippen LogP contribution in [0.2, 0.25) is 5.02 Å². The monoisotopic (exact) mass is 318 g/mol. The summed E-state index contributed by atoms with van der Waals surface area (Å²) in [6.07, 6.45) is 0. The van der Waals surface area contributed by atoms with Crippen LogP contribution in [0.15, 0.2) is 42.5 Å². The number of nitrogens with one attached hydrogen (secondary N) is 2. The number of thiocarbonyl (C=S) groups is 1. The Morgan fingerprint density at radius 3 is 2.52 bits per heavy atom. The van der Waals surface area contributed by atoms with Crippen molar-refractivity contribution in [2.24, 2.45) is 0 Å². The van der Waals surface area contributed by atoms with Crippen molar-refractivity contribution in [2.75, 3.05) is 5.32 Å². The molecule has 0 radical (unpaired) electrons. The lowest BCUT2D eigenvalue weighted by Gasteiger charge is -2.10. The van der Waals surface area contributed by atoms with E-state index in [0.29, 0.717) is 10.6 Å². The molecule has 0 spiro atoms. The van der Waals surface area contributed by atoms with Gasteiger partial charge in [0.15, 0.2) is 5.11 Å². The number of halogens is 1. The molecule has 2 aromatic carbocycles. The van der Waals surface area contributed by atoms with E-state index in [9.17, 15) is 4.79 Å². The SMILES string of the molecule is Cc1ccc(C(=O)NC(=S)Nc2cccc(Cl)c2)cc1C. The van der Waals surface area contributed by atoms with E-state index >= 15 is 0 Å². The molecule has 0 aromatic heterocycles. The smallest absolute Gasteiger partial charge is 0.257 e. The standard InChI is InChI=1S/C16H15ClN2OS/c1-10-6-7-12(8-11(10)2)15(20)19-16(21)18-14-5-3-4-13(17)9-14/h3-9H,1-2H3,(H2,18,19,20,21). The number of amides is 1. The topological polar surface area (TPSA) is 41.1 Å². The summed E-state index contributed by atoms with van der Waals surface area (Å²) >= 11 is 11.0. The van der Waals surface area contributed by atoms with Gasteiger partial charge in [0.25, 0.3) is 5.91 Å². The lowest BCUT2D eigenvalue weighted by molar-refractivity contribution is 0.0977. The van der Waals surface area contributed by atoms with E-state index in [-0.39, 0.29) is 11.0 Å². The van der Waals surface area contributed by atoms with Crippen LogP contribution in [0.3, 0.4) is 0 Å². The average molecular weight is 319 g/mol. The van der Waals surface area contributed by atoms with Gasteiger partial charge in [-0.3, -0.25) is 10.1 Å². The van der Waals surface area contributed by atoms with Gasteiger partial charge in [-0.1, -0.05) is 23.7 Å². The van der Waals surface area contributed by atoms with Crippen molar-refractivity contribution in [2.45, 2.75) is 13.8 Å². The summed E-state index contributed by atoms with van der Waals surface area (Å²) in [5.41, 5.74) is 3.52. The summed E-state index contributed by atoms with van der Waals surface area (Å²) in [5.74, 6) is -0.238. The fourth-order valence-electron chi connectivity index (χ4n) is 1.79. The Hall–Kier alpha value is -1.91. The molecule has 0 saturated heterocycles. The van der Waals surface area contributed by atoms with Crippen LogP contribution in [0, 0.1) is 13.8 Å². The Morgan fingerprint density at radius 2 is 1.86 bits per heavy atom. The first-order valence-corrected chi connectivity index (χ1v) is 7.19. The van der Waals surface area contributed by atoms with Gasteiger partial charge in [-0.15, -0.1) is 0 Å².